The highest BCUT2D eigenvalue weighted by Gasteiger charge is 2.35. The van der Waals surface area contributed by atoms with E-state index in [2.05, 4.69) is 6.92 Å². The van der Waals surface area contributed by atoms with Crippen molar-refractivity contribution in [1.82, 2.24) is 0 Å². The van der Waals surface area contributed by atoms with Gasteiger partial charge in [-0.15, -0.1) is 0 Å². The van der Waals surface area contributed by atoms with Crippen LogP contribution in [0.5, 0.6) is 0 Å². The van der Waals surface area contributed by atoms with Crippen LogP contribution in [0.15, 0.2) is 30.3 Å². The van der Waals surface area contributed by atoms with Gasteiger partial charge in [0.1, 0.15) is 0 Å². The molecule has 2 atom stereocenters. The second kappa shape index (κ2) is 9.16. The van der Waals surface area contributed by atoms with Crippen molar-refractivity contribution in [3.63, 3.8) is 0 Å². The van der Waals surface area contributed by atoms with Gasteiger partial charge in [-0.3, -0.25) is 9.59 Å². The van der Waals surface area contributed by atoms with Crippen LogP contribution >= 0.6 is 0 Å². The molecule has 0 aliphatic rings. The van der Waals surface area contributed by atoms with E-state index in [-0.39, 0.29) is 0 Å². The number of benzene rings is 1. The Bertz CT molecular complexity index is 441. The highest BCUT2D eigenvalue weighted by atomic mass is 16.5. The molecule has 0 aliphatic carbocycles. The second-order valence-corrected chi connectivity index (χ2v) is 5.21. The van der Waals surface area contributed by atoms with Gasteiger partial charge in [0.05, 0.1) is 18.9 Å². The van der Waals surface area contributed by atoms with Crippen LogP contribution in [-0.4, -0.2) is 24.2 Å². The van der Waals surface area contributed by atoms with Gasteiger partial charge in [-0.25, -0.2) is 0 Å². The molecule has 21 heavy (non-hydrogen) atoms. The van der Waals surface area contributed by atoms with Crippen molar-refractivity contribution in [3.05, 3.63) is 35.9 Å². The molecule has 4 nitrogen and oxygen atoms in total. The quantitative estimate of drug-likeness (QED) is 0.558. The van der Waals surface area contributed by atoms with Crippen molar-refractivity contribution in [3.8, 4) is 0 Å². The summed E-state index contributed by atoms with van der Waals surface area (Å²) in [5.41, 5.74) is 0.701. The average Bonchev–Trinajstić information content (AvgIpc) is 2.50. The number of hydrogen-bond acceptors (Lipinski definition) is 3. The number of hydrogen-bond donors (Lipinski definition) is 1. The zero-order valence-electron chi connectivity index (χ0n) is 12.7. The van der Waals surface area contributed by atoms with Crippen molar-refractivity contribution in [2.24, 2.45) is 5.92 Å². The Morgan fingerprint density at radius 3 is 2.33 bits per heavy atom. The Morgan fingerprint density at radius 1 is 1.14 bits per heavy atom. The van der Waals surface area contributed by atoms with E-state index in [0.717, 1.165) is 25.7 Å². The predicted octanol–water partition coefficient (Wildman–Crippen LogP) is 3.61. The molecule has 1 aromatic carbocycles. The number of carbonyl (C=O) groups excluding carboxylic acids is 1. The van der Waals surface area contributed by atoms with Gasteiger partial charge in [0.2, 0.25) is 0 Å². The van der Waals surface area contributed by atoms with Crippen molar-refractivity contribution in [1.29, 1.82) is 0 Å². The van der Waals surface area contributed by atoms with Gasteiger partial charge in [-0.05, 0) is 12.0 Å². The molecule has 0 bridgehead atoms. The SMILES string of the molecule is CCCCCCC(C(=O)O)C(C(=O)OC)c1ccccc1. The number of carboxylic acid groups (broad SMARTS) is 1. The molecule has 0 radical (unpaired) electrons. The van der Waals surface area contributed by atoms with Crippen LogP contribution in [0, 0.1) is 5.92 Å². The number of rotatable bonds is 9. The minimum absolute atomic E-state index is 0.482. The van der Waals surface area contributed by atoms with Gasteiger partial charge in [0.25, 0.3) is 0 Å². The fraction of sp³-hybridized carbons (Fsp3) is 0.529. The summed E-state index contributed by atoms with van der Waals surface area (Å²) < 4.78 is 4.82. The standard InChI is InChI=1S/C17H24O4/c1-3-4-5-9-12-14(16(18)19)15(17(20)21-2)13-10-7-6-8-11-13/h6-8,10-11,14-15H,3-5,9,12H2,1-2H3,(H,18,19). The number of ether oxygens (including phenoxy) is 1. The highest BCUT2D eigenvalue weighted by molar-refractivity contribution is 5.85. The van der Waals surface area contributed by atoms with E-state index in [1.54, 1.807) is 24.3 Å². The zero-order valence-corrected chi connectivity index (χ0v) is 12.7. The molecule has 0 saturated heterocycles. The van der Waals surface area contributed by atoms with E-state index in [1.165, 1.54) is 7.11 Å². The minimum atomic E-state index is -0.939. The van der Waals surface area contributed by atoms with E-state index in [4.69, 9.17) is 4.74 Å². The number of unbranched alkanes of at least 4 members (excludes halogenated alkanes) is 3. The zero-order chi connectivity index (χ0) is 15.7. The van der Waals surface area contributed by atoms with Crippen LogP contribution in [0.2, 0.25) is 0 Å². The molecular weight excluding hydrogens is 268 g/mol. The third kappa shape index (κ3) is 5.21. The lowest BCUT2D eigenvalue weighted by Crippen LogP contribution is -2.29. The van der Waals surface area contributed by atoms with E-state index in [0.29, 0.717) is 12.0 Å². The van der Waals surface area contributed by atoms with Crippen molar-refractivity contribution < 1.29 is 19.4 Å². The molecule has 0 spiro atoms. The molecule has 116 valence electrons. The van der Waals surface area contributed by atoms with Crippen LogP contribution in [0.3, 0.4) is 0 Å². The number of methoxy groups -OCH3 is 1. The summed E-state index contributed by atoms with van der Waals surface area (Å²) in [5, 5.41) is 9.50. The van der Waals surface area contributed by atoms with Crippen LogP contribution in [-0.2, 0) is 14.3 Å². The van der Waals surface area contributed by atoms with Crippen molar-refractivity contribution in [2.75, 3.05) is 7.11 Å². The van der Waals surface area contributed by atoms with Crippen LogP contribution < -0.4 is 0 Å². The van der Waals surface area contributed by atoms with Crippen molar-refractivity contribution >= 4 is 11.9 Å². The lowest BCUT2D eigenvalue weighted by molar-refractivity contribution is -0.152. The van der Waals surface area contributed by atoms with Gasteiger partial charge in [0, 0.05) is 0 Å². The summed E-state index contributed by atoms with van der Waals surface area (Å²) in [7, 11) is 1.30. The van der Waals surface area contributed by atoms with Gasteiger partial charge < -0.3 is 9.84 Å². The van der Waals surface area contributed by atoms with Crippen molar-refractivity contribution in [2.45, 2.75) is 44.9 Å². The molecule has 0 fully saturated rings. The minimum Gasteiger partial charge on any atom is -0.481 e. The molecule has 2 unspecified atom stereocenters. The Morgan fingerprint density at radius 2 is 1.81 bits per heavy atom. The first-order chi connectivity index (χ1) is 10.1. The van der Waals surface area contributed by atoms with Gasteiger partial charge in [-0.1, -0.05) is 62.9 Å². The largest absolute Gasteiger partial charge is 0.481 e. The van der Waals surface area contributed by atoms with E-state index in [1.807, 2.05) is 6.07 Å². The Labute approximate surface area is 126 Å². The van der Waals surface area contributed by atoms with Gasteiger partial charge in [0.15, 0.2) is 0 Å². The Balaban J connectivity index is 2.91. The van der Waals surface area contributed by atoms with Crippen LogP contribution in [0.4, 0.5) is 0 Å². The average molecular weight is 292 g/mol. The number of carbonyl (C=O) groups is 2. The normalized spacial score (nSPS) is 13.4. The summed E-state index contributed by atoms with van der Waals surface area (Å²) in [5.74, 6) is -2.90. The Kier molecular flexibility index (Phi) is 7.51. The van der Waals surface area contributed by atoms with Gasteiger partial charge >= 0.3 is 11.9 Å². The maximum absolute atomic E-state index is 12.1. The maximum Gasteiger partial charge on any atom is 0.314 e. The molecule has 0 aliphatic heterocycles. The first kappa shape index (κ1) is 17.2. The van der Waals surface area contributed by atoms with E-state index in [9.17, 15) is 14.7 Å². The van der Waals surface area contributed by atoms with Crippen LogP contribution in [0.25, 0.3) is 0 Å². The number of carboxylic acids is 1. The fourth-order valence-electron chi connectivity index (χ4n) is 2.54. The highest BCUT2D eigenvalue weighted by Crippen LogP contribution is 2.30. The Hall–Kier alpha value is -1.84. The van der Waals surface area contributed by atoms with Crippen LogP contribution in [0.1, 0.15) is 50.5 Å². The molecule has 1 rings (SSSR count). The number of aliphatic carboxylic acids is 1. The summed E-state index contributed by atoms with van der Waals surface area (Å²) in [6, 6.07) is 9.02. The smallest absolute Gasteiger partial charge is 0.314 e. The second-order valence-electron chi connectivity index (χ2n) is 5.21. The van der Waals surface area contributed by atoms with E-state index < -0.39 is 23.8 Å². The fourth-order valence-corrected chi connectivity index (χ4v) is 2.54. The third-order valence-electron chi connectivity index (χ3n) is 3.70. The summed E-state index contributed by atoms with van der Waals surface area (Å²) in [4.78, 5) is 23.7. The topological polar surface area (TPSA) is 63.6 Å². The molecule has 0 heterocycles. The molecule has 4 heteroatoms. The molecule has 1 N–H and O–H groups in total. The molecule has 0 amide bonds. The first-order valence-corrected chi connectivity index (χ1v) is 7.47. The molecule has 1 aromatic rings. The van der Waals surface area contributed by atoms with E-state index >= 15 is 0 Å². The third-order valence-corrected chi connectivity index (χ3v) is 3.70. The first-order valence-electron chi connectivity index (χ1n) is 7.47. The summed E-state index contributed by atoms with van der Waals surface area (Å²) in [6.07, 6.45) is 4.47. The summed E-state index contributed by atoms with van der Waals surface area (Å²) >= 11 is 0. The maximum atomic E-state index is 12.1. The molecule has 0 saturated carbocycles. The monoisotopic (exact) mass is 292 g/mol. The van der Waals surface area contributed by atoms with Gasteiger partial charge in [-0.2, -0.15) is 0 Å². The molecular formula is C17H24O4. The summed E-state index contributed by atoms with van der Waals surface area (Å²) in [6.45, 7) is 2.11. The lowest BCUT2D eigenvalue weighted by Gasteiger charge is -2.22. The molecule has 0 aromatic heterocycles. The predicted molar refractivity (Wildman–Crippen MR) is 81.1 cm³/mol. The number of esters is 1. The lowest BCUT2D eigenvalue weighted by atomic mass is 9.82.